The van der Waals surface area contributed by atoms with E-state index in [1.54, 1.807) is 0 Å². The van der Waals surface area contributed by atoms with Crippen LogP contribution in [0.15, 0.2) is 0 Å². The molecule has 1 nitrogen and oxygen atoms in total. The molecule has 1 radical (unpaired) electrons. The second kappa shape index (κ2) is 6.15. The Morgan fingerprint density at radius 3 is 2.56 bits per heavy atom. The van der Waals surface area contributed by atoms with Crippen LogP contribution in [0.3, 0.4) is 0 Å². The fourth-order valence-corrected chi connectivity index (χ4v) is 0.791. The first-order valence-electron chi connectivity index (χ1n) is 3.78. The summed E-state index contributed by atoms with van der Waals surface area (Å²) in [7, 11) is 1.29. The highest BCUT2D eigenvalue weighted by atomic mass is 16.2. The lowest BCUT2D eigenvalue weighted by molar-refractivity contribution is 0.557. The minimum absolute atomic E-state index is 0.386. The third-order valence-electron chi connectivity index (χ3n) is 1.52. The van der Waals surface area contributed by atoms with E-state index in [0.717, 1.165) is 6.42 Å². The summed E-state index contributed by atoms with van der Waals surface area (Å²) < 4.78 is 0. The molecule has 0 aliphatic heterocycles. The average Bonchev–Trinajstić information content (AvgIpc) is 1.89. The molecule has 0 aromatic carbocycles. The summed E-state index contributed by atoms with van der Waals surface area (Å²) in [5.41, 5.74) is 0. The van der Waals surface area contributed by atoms with Crippen molar-refractivity contribution in [1.82, 2.24) is 0 Å². The van der Waals surface area contributed by atoms with Crippen molar-refractivity contribution in [2.45, 2.75) is 45.3 Å². The first-order chi connectivity index (χ1) is 4.31. The summed E-state index contributed by atoms with van der Waals surface area (Å²) in [5.74, 6) is 0.386. The van der Waals surface area contributed by atoms with Gasteiger partial charge in [0, 0.05) is 0 Å². The summed E-state index contributed by atoms with van der Waals surface area (Å²) in [6.45, 7) is 4.23. The number of hydrogen-bond donors (Lipinski definition) is 1. The molecule has 0 aromatic rings. The molecule has 9 heavy (non-hydrogen) atoms. The summed E-state index contributed by atoms with van der Waals surface area (Å²) in [6, 6.07) is 0. The fraction of sp³-hybridized carbons (Fsp3) is 1.00. The first-order valence-corrected chi connectivity index (χ1v) is 3.78. The van der Waals surface area contributed by atoms with Crippen molar-refractivity contribution >= 4 is 7.48 Å². The lowest BCUT2D eigenvalue weighted by Gasteiger charge is -2.03. The van der Waals surface area contributed by atoms with Gasteiger partial charge in [-0.3, -0.25) is 0 Å². The second-order valence-electron chi connectivity index (χ2n) is 2.62. The van der Waals surface area contributed by atoms with Gasteiger partial charge in [0.25, 0.3) is 7.48 Å². The normalized spacial score (nSPS) is 13.2. The third kappa shape index (κ3) is 5.90. The van der Waals surface area contributed by atoms with Gasteiger partial charge in [-0.25, -0.2) is 0 Å². The van der Waals surface area contributed by atoms with Crippen molar-refractivity contribution in [1.29, 1.82) is 0 Å². The summed E-state index contributed by atoms with van der Waals surface area (Å²) in [6.07, 6.45) is 4.93. The van der Waals surface area contributed by atoms with E-state index in [2.05, 4.69) is 6.92 Å². The zero-order chi connectivity index (χ0) is 7.11. The largest absolute Gasteiger partial charge is 0.454 e. The molecule has 1 N–H and O–H groups in total. The van der Waals surface area contributed by atoms with Crippen molar-refractivity contribution in [2.75, 3.05) is 0 Å². The maximum absolute atomic E-state index is 8.51. The molecule has 0 saturated heterocycles. The molecule has 0 bridgehead atoms. The molecular formula is C7H16BO. The predicted molar refractivity (Wildman–Crippen MR) is 41.5 cm³/mol. The van der Waals surface area contributed by atoms with Crippen LogP contribution in [-0.4, -0.2) is 12.5 Å². The standard InChI is InChI=1S/C7H16BO/c1-3-4-5-6-7(2)8-9/h7,9H,3-6H2,1-2H3. The Morgan fingerprint density at radius 1 is 1.44 bits per heavy atom. The van der Waals surface area contributed by atoms with Gasteiger partial charge in [0.1, 0.15) is 0 Å². The predicted octanol–water partition coefficient (Wildman–Crippen LogP) is 1.99. The molecule has 0 amide bonds. The van der Waals surface area contributed by atoms with E-state index in [1.165, 1.54) is 26.7 Å². The quantitative estimate of drug-likeness (QED) is 0.442. The van der Waals surface area contributed by atoms with Crippen molar-refractivity contribution in [3.63, 3.8) is 0 Å². The third-order valence-corrected chi connectivity index (χ3v) is 1.52. The maximum atomic E-state index is 8.51. The van der Waals surface area contributed by atoms with E-state index in [1.807, 2.05) is 6.92 Å². The van der Waals surface area contributed by atoms with Crippen molar-refractivity contribution in [3.8, 4) is 0 Å². The molecule has 1 atom stereocenters. The van der Waals surface area contributed by atoms with Gasteiger partial charge >= 0.3 is 0 Å². The highest BCUT2D eigenvalue weighted by Crippen LogP contribution is 2.11. The van der Waals surface area contributed by atoms with Crippen LogP contribution >= 0.6 is 0 Å². The second-order valence-corrected chi connectivity index (χ2v) is 2.62. The Morgan fingerprint density at radius 2 is 2.11 bits per heavy atom. The van der Waals surface area contributed by atoms with Crippen LogP contribution in [0.2, 0.25) is 5.82 Å². The van der Waals surface area contributed by atoms with Crippen LogP contribution in [0.5, 0.6) is 0 Å². The number of unbranched alkanes of at least 4 members (excludes halogenated alkanes) is 2. The Hall–Kier alpha value is 0.0249. The molecule has 0 fully saturated rings. The summed E-state index contributed by atoms with van der Waals surface area (Å²) in [5, 5.41) is 8.51. The number of hydrogen-bond acceptors (Lipinski definition) is 1. The minimum atomic E-state index is 0.386. The maximum Gasteiger partial charge on any atom is 0.290 e. The van der Waals surface area contributed by atoms with Gasteiger partial charge in [-0.2, -0.15) is 0 Å². The van der Waals surface area contributed by atoms with Gasteiger partial charge in [-0.15, -0.1) is 0 Å². The molecule has 53 valence electrons. The minimum Gasteiger partial charge on any atom is -0.454 e. The smallest absolute Gasteiger partial charge is 0.290 e. The van der Waals surface area contributed by atoms with Gasteiger partial charge in [0.15, 0.2) is 0 Å². The molecule has 0 aliphatic rings. The van der Waals surface area contributed by atoms with E-state index in [4.69, 9.17) is 5.02 Å². The Kier molecular flexibility index (Phi) is 6.17. The summed E-state index contributed by atoms with van der Waals surface area (Å²) in [4.78, 5) is 0. The molecular weight excluding hydrogens is 111 g/mol. The average molecular weight is 127 g/mol. The lowest BCUT2D eigenvalue weighted by Crippen LogP contribution is -1.97. The Balaban J connectivity index is 2.88. The van der Waals surface area contributed by atoms with Crippen LogP contribution in [0, 0.1) is 0 Å². The molecule has 0 saturated carbocycles. The van der Waals surface area contributed by atoms with Gasteiger partial charge in [-0.05, 0) is 5.82 Å². The Bertz CT molecular complexity index is 56.9. The highest BCUT2D eigenvalue weighted by molar-refractivity contribution is 6.27. The molecule has 0 heterocycles. The Labute approximate surface area is 58.7 Å². The van der Waals surface area contributed by atoms with Crippen LogP contribution in [0.25, 0.3) is 0 Å². The van der Waals surface area contributed by atoms with E-state index < -0.39 is 0 Å². The van der Waals surface area contributed by atoms with Crippen molar-refractivity contribution in [3.05, 3.63) is 0 Å². The van der Waals surface area contributed by atoms with Crippen LogP contribution in [0.1, 0.15) is 39.5 Å². The zero-order valence-electron chi connectivity index (χ0n) is 6.43. The van der Waals surface area contributed by atoms with Gasteiger partial charge < -0.3 is 5.02 Å². The molecule has 0 spiro atoms. The van der Waals surface area contributed by atoms with Crippen LogP contribution in [-0.2, 0) is 0 Å². The van der Waals surface area contributed by atoms with E-state index >= 15 is 0 Å². The van der Waals surface area contributed by atoms with Gasteiger partial charge in [0.05, 0.1) is 0 Å². The molecule has 1 unspecified atom stereocenters. The lowest BCUT2D eigenvalue weighted by atomic mass is 9.79. The van der Waals surface area contributed by atoms with Crippen LogP contribution in [0.4, 0.5) is 0 Å². The summed E-state index contributed by atoms with van der Waals surface area (Å²) >= 11 is 0. The van der Waals surface area contributed by atoms with E-state index in [-0.39, 0.29) is 0 Å². The monoisotopic (exact) mass is 127 g/mol. The molecule has 2 heteroatoms. The zero-order valence-corrected chi connectivity index (χ0v) is 6.43. The highest BCUT2D eigenvalue weighted by Gasteiger charge is 1.99. The van der Waals surface area contributed by atoms with Crippen molar-refractivity contribution in [2.24, 2.45) is 0 Å². The van der Waals surface area contributed by atoms with Crippen molar-refractivity contribution < 1.29 is 5.02 Å². The molecule has 0 rings (SSSR count). The van der Waals surface area contributed by atoms with Gasteiger partial charge in [0.2, 0.25) is 0 Å². The van der Waals surface area contributed by atoms with Gasteiger partial charge in [-0.1, -0.05) is 39.5 Å². The first kappa shape index (κ1) is 9.02. The topological polar surface area (TPSA) is 20.2 Å². The molecule has 0 aromatic heterocycles. The number of rotatable bonds is 5. The van der Waals surface area contributed by atoms with Crippen LogP contribution < -0.4 is 0 Å². The van der Waals surface area contributed by atoms with E-state index in [9.17, 15) is 0 Å². The molecule has 0 aliphatic carbocycles. The fourth-order valence-electron chi connectivity index (χ4n) is 0.791. The SMILES string of the molecule is CCCCCC(C)[B]O. The van der Waals surface area contributed by atoms with E-state index in [0.29, 0.717) is 5.82 Å².